The number of para-hydroxylation sites is 2. The van der Waals surface area contributed by atoms with Crippen molar-refractivity contribution in [3.8, 4) is 0 Å². The predicted octanol–water partition coefficient (Wildman–Crippen LogP) is 2.88. The van der Waals surface area contributed by atoms with Crippen molar-refractivity contribution in [2.75, 3.05) is 36.6 Å². The second kappa shape index (κ2) is 7.56. The largest absolute Gasteiger partial charge is 0.378 e. The van der Waals surface area contributed by atoms with Gasteiger partial charge in [0, 0.05) is 24.8 Å². The van der Waals surface area contributed by atoms with Gasteiger partial charge in [0.1, 0.15) is 5.69 Å². The number of ether oxygens (including phenoxy) is 1. The molecule has 7 heteroatoms. The van der Waals surface area contributed by atoms with Gasteiger partial charge in [-0.2, -0.15) is 5.10 Å². The Kier molecular flexibility index (Phi) is 5.02. The van der Waals surface area contributed by atoms with Crippen LogP contribution in [0.5, 0.6) is 0 Å². The van der Waals surface area contributed by atoms with Crippen molar-refractivity contribution in [3.05, 3.63) is 64.2 Å². The minimum absolute atomic E-state index is 0.00249. The van der Waals surface area contributed by atoms with E-state index in [9.17, 15) is 10.1 Å². The molecule has 124 valence electrons. The molecule has 0 saturated carbocycles. The zero-order chi connectivity index (χ0) is 16.8. The molecule has 0 bridgehead atoms. The molecule has 0 unspecified atom stereocenters. The molecule has 1 fully saturated rings. The van der Waals surface area contributed by atoms with E-state index in [4.69, 9.17) is 4.74 Å². The number of morpholine rings is 1. The lowest BCUT2D eigenvalue weighted by Crippen LogP contribution is -2.36. The molecular formula is C17H18N4O3. The average molecular weight is 326 g/mol. The summed E-state index contributed by atoms with van der Waals surface area (Å²) >= 11 is 0. The van der Waals surface area contributed by atoms with Crippen LogP contribution in [0.1, 0.15) is 5.56 Å². The lowest BCUT2D eigenvalue weighted by Gasteiger charge is -2.28. The number of anilines is 2. The highest BCUT2D eigenvalue weighted by atomic mass is 16.6. The number of rotatable bonds is 5. The van der Waals surface area contributed by atoms with E-state index in [1.54, 1.807) is 24.4 Å². The molecule has 0 aliphatic carbocycles. The highest BCUT2D eigenvalue weighted by molar-refractivity contribution is 5.81. The van der Waals surface area contributed by atoms with Crippen LogP contribution >= 0.6 is 0 Å². The zero-order valence-corrected chi connectivity index (χ0v) is 13.1. The molecule has 0 amide bonds. The topological polar surface area (TPSA) is 80.0 Å². The van der Waals surface area contributed by atoms with Crippen LogP contribution < -0.4 is 10.3 Å². The summed E-state index contributed by atoms with van der Waals surface area (Å²) in [6.45, 7) is 3.30. The SMILES string of the molecule is O=[N+]([O-])c1ccccc1N/N=C/c1ccc(N2CCOCC2)cc1. The Labute approximate surface area is 139 Å². The quantitative estimate of drug-likeness (QED) is 0.519. The van der Waals surface area contributed by atoms with Crippen molar-refractivity contribution >= 4 is 23.3 Å². The average Bonchev–Trinajstić information content (AvgIpc) is 2.63. The van der Waals surface area contributed by atoms with E-state index in [2.05, 4.69) is 15.4 Å². The highest BCUT2D eigenvalue weighted by Gasteiger charge is 2.11. The third-order valence-electron chi connectivity index (χ3n) is 3.77. The van der Waals surface area contributed by atoms with E-state index < -0.39 is 4.92 Å². The second-order valence-electron chi connectivity index (χ2n) is 5.34. The maximum atomic E-state index is 10.9. The summed E-state index contributed by atoms with van der Waals surface area (Å²) < 4.78 is 5.35. The number of hydrogen-bond donors (Lipinski definition) is 1. The third kappa shape index (κ3) is 3.88. The lowest BCUT2D eigenvalue weighted by molar-refractivity contribution is -0.384. The molecule has 0 aromatic heterocycles. The van der Waals surface area contributed by atoms with Gasteiger partial charge in [-0.15, -0.1) is 0 Å². The molecule has 1 aliphatic heterocycles. The molecule has 1 heterocycles. The van der Waals surface area contributed by atoms with Crippen molar-refractivity contribution in [1.82, 2.24) is 0 Å². The molecule has 1 saturated heterocycles. The minimum atomic E-state index is -0.436. The van der Waals surface area contributed by atoms with Crippen molar-refractivity contribution in [2.24, 2.45) is 5.10 Å². The maximum Gasteiger partial charge on any atom is 0.294 e. The van der Waals surface area contributed by atoms with E-state index in [1.165, 1.54) is 6.07 Å². The van der Waals surface area contributed by atoms with Gasteiger partial charge in [-0.1, -0.05) is 24.3 Å². The molecule has 0 atom stereocenters. The van der Waals surface area contributed by atoms with Gasteiger partial charge in [0.15, 0.2) is 0 Å². The molecule has 3 rings (SSSR count). The zero-order valence-electron chi connectivity index (χ0n) is 13.1. The van der Waals surface area contributed by atoms with Crippen molar-refractivity contribution < 1.29 is 9.66 Å². The first-order chi connectivity index (χ1) is 11.7. The van der Waals surface area contributed by atoms with E-state index in [0.29, 0.717) is 5.69 Å². The highest BCUT2D eigenvalue weighted by Crippen LogP contribution is 2.23. The van der Waals surface area contributed by atoms with Gasteiger partial charge in [-0.3, -0.25) is 15.5 Å². The van der Waals surface area contributed by atoms with Crippen molar-refractivity contribution in [3.63, 3.8) is 0 Å². The summed E-state index contributed by atoms with van der Waals surface area (Å²) in [7, 11) is 0. The van der Waals surface area contributed by atoms with Crippen LogP contribution in [-0.2, 0) is 4.74 Å². The molecule has 0 radical (unpaired) electrons. The molecular weight excluding hydrogens is 308 g/mol. The second-order valence-corrected chi connectivity index (χ2v) is 5.34. The molecule has 24 heavy (non-hydrogen) atoms. The van der Waals surface area contributed by atoms with Gasteiger partial charge in [0.05, 0.1) is 24.4 Å². The number of hydrazone groups is 1. The molecule has 0 spiro atoms. The number of benzene rings is 2. The number of hydrogen-bond acceptors (Lipinski definition) is 6. The summed E-state index contributed by atoms with van der Waals surface area (Å²) in [4.78, 5) is 12.8. The van der Waals surface area contributed by atoms with Crippen LogP contribution in [0.3, 0.4) is 0 Å². The predicted molar refractivity (Wildman–Crippen MR) is 93.8 cm³/mol. The first-order valence-corrected chi connectivity index (χ1v) is 7.69. The van der Waals surface area contributed by atoms with Crippen molar-refractivity contribution in [1.29, 1.82) is 0 Å². The number of nitrogens with zero attached hydrogens (tertiary/aromatic N) is 3. The van der Waals surface area contributed by atoms with Crippen LogP contribution in [0, 0.1) is 10.1 Å². The fourth-order valence-electron chi connectivity index (χ4n) is 2.50. The Morgan fingerprint density at radius 1 is 1.12 bits per heavy atom. The minimum Gasteiger partial charge on any atom is -0.378 e. The third-order valence-corrected chi connectivity index (χ3v) is 3.77. The van der Waals surface area contributed by atoms with E-state index >= 15 is 0 Å². The Morgan fingerprint density at radius 3 is 2.54 bits per heavy atom. The number of nitro benzene ring substituents is 1. The summed E-state index contributed by atoms with van der Waals surface area (Å²) in [5, 5.41) is 15.0. The Bertz CT molecular complexity index is 725. The van der Waals surface area contributed by atoms with Gasteiger partial charge in [0.25, 0.3) is 5.69 Å². The van der Waals surface area contributed by atoms with Gasteiger partial charge in [0.2, 0.25) is 0 Å². The molecule has 2 aromatic carbocycles. The first kappa shape index (κ1) is 15.9. The molecule has 1 aliphatic rings. The first-order valence-electron chi connectivity index (χ1n) is 7.69. The Morgan fingerprint density at radius 2 is 1.83 bits per heavy atom. The van der Waals surface area contributed by atoms with Gasteiger partial charge >= 0.3 is 0 Å². The Hall–Kier alpha value is -2.93. The van der Waals surface area contributed by atoms with Crippen LogP contribution in [0.15, 0.2) is 53.6 Å². The van der Waals surface area contributed by atoms with Gasteiger partial charge < -0.3 is 9.64 Å². The monoisotopic (exact) mass is 326 g/mol. The van der Waals surface area contributed by atoms with Crippen molar-refractivity contribution in [2.45, 2.75) is 0 Å². The van der Waals surface area contributed by atoms with E-state index in [-0.39, 0.29) is 5.69 Å². The number of nitro groups is 1. The summed E-state index contributed by atoms with van der Waals surface area (Å²) in [5.74, 6) is 0. The smallest absolute Gasteiger partial charge is 0.294 e. The fraction of sp³-hybridized carbons (Fsp3) is 0.235. The van der Waals surface area contributed by atoms with Crippen LogP contribution in [0.2, 0.25) is 0 Å². The summed E-state index contributed by atoms with van der Waals surface area (Å²) in [6, 6.07) is 14.4. The standard InChI is InChI=1S/C17H18N4O3/c22-21(23)17-4-2-1-3-16(17)19-18-13-14-5-7-15(8-6-14)20-9-11-24-12-10-20/h1-8,13,19H,9-12H2/b18-13+. The summed E-state index contributed by atoms with van der Waals surface area (Å²) in [6.07, 6.45) is 1.64. The van der Waals surface area contributed by atoms with Crippen LogP contribution in [0.4, 0.5) is 17.1 Å². The molecule has 2 aromatic rings. The maximum absolute atomic E-state index is 10.9. The lowest BCUT2D eigenvalue weighted by atomic mass is 10.2. The van der Waals surface area contributed by atoms with Gasteiger partial charge in [-0.25, -0.2) is 0 Å². The molecule has 7 nitrogen and oxygen atoms in total. The van der Waals surface area contributed by atoms with E-state index in [1.807, 2.05) is 24.3 Å². The van der Waals surface area contributed by atoms with Crippen LogP contribution in [0.25, 0.3) is 0 Å². The fourth-order valence-corrected chi connectivity index (χ4v) is 2.50. The number of nitrogens with one attached hydrogen (secondary N) is 1. The normalized spacial score (nSPS) is 14.8. The van der Waals surface area contributed by atoms with Gasteiger partial charge in [-0.05, 0) is 23.8 Å². The molecule has 1 N–H and O–H groups in total. The van der Waals surface area contributed by atoms with E-state index in [0.717, 1.165) is 37.6 Å². The Balaban J connectivity index is 1.64. The van der Waals surface area contributed by atoms with Crippen LogP contribution in [-0.4, -0.2) is 37.4 Å². The summed E-state index contributed by atoms with van der Waals surface area (Å²) in [5.41, 5.74) is 5.15.